The third-order valence-electron chi connectivity index (χ3n) is 2.39. The second kappa shape index (κ2) is 7.06. The molecule has 5 heteroatoms. The van der Waals surface area contributed by atoms with E-state index in [2.05, 4.69) is 29.2 Å². The maximum Gasteiger partial charge on any atom is 0.218 e. The zero-order chi connectivity index (χ0) is 12.7. The number of hydrogen-bond donors (Lipinski definition) is 2. The molecule has 96 valence electrons. The molecule has 17 heavy (non-hydrogen) atoms. The maximum absolute atomic E-state index is 5.59. The number of anilines is 1. The number of nitrogens with zero attached hydrogens (tertiary/aromatic N) is 2. The first kappa shape index (κ1) is 13.7. The topological polar surface area (TPSA) is 73.1 Å². The molecular formula is C12H22N4O. The summed E-state index contributed by atoms with van der Waals surface area (Å²) in [5.41, 5.74) is 2.52. The number of ether oxygens (including phenoxy) is 1. The fraction of sp³-hybridized carbons (Fsp3) is 0.667. The van der Waals surface area contributed by atoms with Crippen LogP contribution in [-0.2, 0) is 6.42 Å². The van der Waals surface area contributed by atoms with Crippen molar-refractivity contribution in [3.8, 4) is 5.88 Å². The average Bonchev–Trinajstić information content (AvgIpc) is 2.34. The van der Waals surface area contributed by atoms with Gasteiger partial charge in [0.25, 0.3) is 0 Å². The van der Waals surface area contributed by atoms with Gasteiger partial charge in [-0.05, 0) is 18.8 Å². The van der Waals surface area contributed by atoms with Crippen LogP contribution in [0.5, 0.6) is 5.88 Å². The molecule has 0 spiro atoms. The minimum atomic E-state index is 0.591. The Morgan fingerprint density at radius 1 is 1.41 bits per heavy atom. The summed E-state index contributed by atoms with van der Waals surface area (Å²) in [5, 5.41) is 0. The number of aryl methyl sites for hydroxylation is 1. The predicted octanol–water partition coefficient (Wildman–Crippen LogP) is 2.14. The van der Waals surface area contributed by atoms with Crippen LogP contribution in [0.2, 0.25) is 0 Å². The van der Waals surface area contributed by atoms with Crippen molar-refractivity contribution in [1.29, 1.82) is 0 Å². The Hall–Kier alpha value is -1.36. The van der Waals surface area contributed by atoms with E-state index in [1.165, 1.54) is 0 Å². The summed E-state index contributed by atoms with van der Waals surface area (Å²) in [6, 6.07) is 1.72. The molecule has 1 aromatic heterocycles. The fourth-order valence-corrected chi connectivity index (χ4v) is 1.45. The molecule has 0 radical (unpaired) electrons. The smallest absolute Gasteiger partial charge is 0.218 e. The highest BCUT2D eigenvalue weighted by Crippen LogP contribution is 2.14. The first-order valence-electron chi connectivity index (χ1n) is 6.13. The summed E-state index contributed by atoms with van der Waals surface area (Å²) in [4.78, 5) is 8.49. The van der Waals surface area contributed by atoms with Crippen LogP contribution in [0, 0.1) is 5.92 Å². The van der Waals surface area contributed by atoms with Crippen LogP contribution in [0.4, 0.5) is 5.82 Å². The number of nitrogen functional groups attached to an aromatic ring is 1. The van der Waals surface area contributed by atoms with Gasteiger partial charge in [-0.25, -0.2) is 10.8 Å². The summed E-state index contributed by atoms with van der Waals surface area (Å²) in [5.74, 6) is 7.97. The molecule has 0 saturated heterocycles. The molecule has 0 atom stereocenters. The van der Waals surface area contributed by atoms with E-state index in [9.17, 15) is 0 Å². The van der Waals surface area contributed by atoms with E-state index in [1.807, 2.05) is 6.92 Å². The van der Waals surface area contributed by atoms with Crippen LogP contribution in [0.3, 0.4) is 0 Å². The average molecular weight is 238 g/mol. The van der Waals surface area contributed by atoms with Crippen LogP contribution in [-0.4, -0.2) is 16.6 Å². The lowest BCUT2D eigenvalue weighted by Gasteiger charge is -2.09. The summed E-state index contributed by atoms with van der Waals surface area (Å²) >= 11 is 0. The van der Waals surface area contributed by atoms with Crippen molar-refractivity contribution in [2.75, 3.05) is 12.0 Å². The van der Waals surface area contributed by atoms with E-state index in [0.29, 0.717) is 24.2 Å². The molecule has 0 fully saturated rings. The molecule has 1 rings (SSSR count). The molecule has 0 amide bonds. The van der Waals surface area contributed by atoms with Crippen molar-refractivity contribution >= 4 is 5.82 Å². The van der Waals surface area contributed by atoms with Gasteiger partial charge in [-0.2, -0.15) is 4.98 Å². The van der Waals surface area contributed by atoms with E-state index < -0.39 is 0 Å². The normalized spacial score (nSPS) is 10.6. The standard InChI is InChI=1S/C12H22N4O/c1-4-10-14-11(16-13)8-12(15-10)17-7-5-6-9(2)3/h8-9H,4-7,13H2,1-3H3,(H,14,15,16). The third kappa shape index (κ3) is 4.99. The van der Waals surface area contributed by atoms with Crippen LogP contribution in [0.15, 0.2) is 6.07 Å². The summed E-state index contributed by atoms with van der Waals surface area (Å²) in [7, 11) is 0. The molecular weight excluding hydrogens is 216 g/mol. The Kier molecular flexibility index (Phi) is 5.69. The Morgan fingerprint density at radius 2 is 2.18 bits per heavy atom. The third-order valence-corrected chi connectivity index (χ3v) is 2.39. The van der Waals surface area contributed by atoms with Gasteiger partial charge in [0.2, 0.25) is 5.88 Å². The summed E-state index contributed by atoms with van der Waals surface area (Å²) in [6.07, 6.45) is 2.96. The van der Waals surface area contributed by atoms with E-state index in [1.54, 1.807) is 6.07 Å². The minimum absolute atomic E-state index is 0.591. The monoisotopic (exact) mass is 238 g/mol. The molecule has 0 aliphatic carbocycles. The lowest BCUT2D eigenvalue weighted by atomic mass is 10.1. The molecule has 0 saturated carbocycles. The lowest BCUT2D eigenvalue weighted by molar-refractivity contribution is 0.286. The maximum atomic E-state index is 5.59. The van der Waals surface area contributed by atoms with Crippen molar-refractivity contribution in [2.45, 2.75) is 40.0 Å². The molecule has 3 N–H and O–H groups in total. The first-order chi connectivity index (χ1) is 8.15. The molecule has 1 aromatic rings. The largest absolute Gasteiger partial charge is 0.478 e. The van der Waals surface area contributed by atoms with Crippen molar-refractivity contribution in [1.82, 2.24) is 9.97 Å². The fourth-order valence-electron chi connectivity index (χ4n) is 1.45. The van der Waals surface area contributed by atoms with Gasteiger partial charge in [0.05, 0.1) is 6.61 Å². The highest BCUT2D eigenvalue weighted by Gasteiger charge is 2.03. The second-order valence-electron chi connectivity index (χ2n) is 4.39. The van der Waals surface area contributed by atoms with Crippen molar-refractivity contribution in [2.24, 2.45) is 11.8 Å². The van der Waals surface area contributed by atoms with Crippen molar-refractivity contribution < 1.29 is 4.74 Å². The SMILES string of the molecule is CCc1nc(NN)cc(OCCCC(C)C)n1. The molecule has 0 aliphatic heterocycles. The van der Waals surface area contributed by atoms with Gasteiger partial charge in [-0.15, -0.1) is 0 Å². The highest BCUT2D eigenvalue weighted by atomic mass is 16.5. The summed E-state index contributed by atoms with van der Waals surface area (Å²) < 4.78 is 5.59. The second-order valence-corrected chi connectivity index (χ2v) is 4.39. The number of rotatable bonds is 7. The Balaban J connectivity index is 2.51. The van der Waals surface area contributed by atoms with Crippen LogP contribution >= 0.6 is 0 Å². The van der Waals surface area contributed by atoms with Gasteiger partial charge in [0.15, 0.2) is 0 Å². The van der Waals surface area contributed by atoms with E-state index in [4.69, 9.17) is 10.6 Å². The van der Waals surface area contributed by atoms with Gasteiger partial charge >= 0.3 is 0 Å². The van der Waals surface area contributed by atoms with Gasteiger partial charge in [0, 0.05) is 12.5 Å². The Bertz CT molecular complexity index is 319. The Labute approximate surface area is 103 Å². The van der Waals surface area contributed by atoms with E-state index >= 15 is 0 Å². The van der Waals surface area contributed by atoms with Crippen LogP contribution in [0.25, 0.3) is 0 Å². The molecule has 1 heterocycles. The molecule has 0 aromatic carbocycles. The van der Waals surface area contributed by atoms with E-state index in [-0.39, 0.29) is 0 Å². The predicted molar refractivity (Wildman–Crippen MR) is 68.8 cm³/mol. The summed E-state index contributed by atoms with van der Waals surface area (Å²) in [6.45, 7) is 7.09. The van der Waals surface area contributed by atoms with Crippen LogP contribution < -0.4 is 16.0 Å². The van der Waals surface area contributed by atoms with Gasteiger partial charge in [0.1, 0.15) is 11.6 Å². The number of nitrogens with two attached hydrogens (primary N) is 1. The molecule has 0 unspecified atom stereocenters. The quantitative estimate of drug-likeness (QED) is 0.432. The molecule has 0 aliphatic rings. The van der Waals surface area contributed by atoms with Gasteiger partial charge < -0.3 is 10.2 Å². The van der Waals surface area contributed by atoms with Crippen molar-refractivity contribution in [3.05, 3.63) is 11.9 Å². The lowest BCUT2D eigenvalue weighted by Crippen LogP contribution is -2.11. The molecule has 0 bridgehead atoms. The number of hydrogen-bond acceptors (Lipinski definition) is 5. The minimum Gasteiger partial charge on any atom is -0.478 e. The van der Waals surface area contributed by atoms with E-state index in [0.717, 1.165) is 25.1 Å². The Morgan fingerprint density at radius 3 is 2.76 bits per heavy atom. The van der Waals surface area contributed by atoms with Gasteiger partial charge in [-0.1, -0.05) is 20.8 Å². The number of aromatic nitrogens is 2. The first-order valence-corrected chi connectivity index (χ1v) is 6.13. The highest BCUT2D eigenvalue weighted by molar-refractivity contribution is 5.36. The van der Waals surface area contributed by atoms with Gasteiger partial charge in [-0.3, -0.25) is 0 Å². The zero-order valence-electron chi connectivity index (χ0n) is 10.9. The zero-order valence-corrected chi connectivity index (χ0v) is 10.9. The number of nitrogens with one attached hydrogen (secondary N) is 1. The van der Waals surface area contributed by atoms with Crippen molar-refractivity contribution in [3.63, 3.8) is 0 Å². The number of hydrazine groups is 1. The van der Waals surface area contributed by atoms with Crippen LogP contribution in [0.1, 0.15) is 39.4 Å². The molecule has 5 nitrogen and oxygen atoms in total.